The molecule has 0 spiro atoms. The molecule has 0 saturated carbocycles. The summed E-state index contributed by atoms with van der Waals surface area (Å²) in [4.78, 5) is 2.69. The Morgan fingerprint density at radius 2 is 2.38 bits per heavy atom. The van der Waals surface area contributed by atoms with Crippen LogP contribution in [-0.2, 0) is 0 Å². The van der Waals surface area contributed by atoms with E-state index < -0.39 is 0 Å². The van der Waals surface area contributed by atoms with Gasteiger partial charge < -0.3 is 4.98 Å². The molecular formula is C5H3ClN2. The Bertz CT molecular complexity index is 221. The third kappa shape index (κ3) is 0.682. The Morgan fingerprint density at radius 1 is 1.62 bits per heavy atom. The van der Waals surface area contributed by atoms with E-state index in [1.165, 1.54) is 0 Å². The molecule has 3 heteroatoms. The molecule has 0 amide bonds. The van der Waals surface area contributed by atoms with Crippen molar-refractivity contribution in [1.82, 2.24) is 4.98 Å². The Labute approximate surface area is 51.7 Å². The van der Waals surface area contributed by atoms with Gasteiger partial charge in [-0.1, -0.05) is 11.6 Å². The van der Waals surface area contributed by atoms with E-state index in [2.05, 4.69) is 4.98 Å². The molecule has 0 aromatic carbocycles. The number of nitrogens with one attached hydrogen (secondary N) is 1. The van der Waals surface area contributed by atoms with Crippen LogP contribution in [0.3, 0.4) is 0 Å². The minimum Gasteiger partial charge on any atom is -0.365 e. The number of hydrogen-bond donors (Lipinski definition) is 1. The number of aromatic nitrogens is 1. The van der Waals surface area contributed by atoms with Crippen molar-refractivity contribution in [2.75, 3.05) is 0 Å². The van der Waals surface area contributed by atoms with E-state index in [1.54, 1.807) is 12.4 Å². The second-order valence-electron chi connectivity index (χ2n) is 1.33. The minimum atomic E-state index is 0.479. The summed E-state index contributed by atoms with van der Waals surface area (Å²) in [5, 5.41) is 8.73. The van der Waals surface area contributed by atoms with E-state index in [-0.39, 0.29) is 0 Å². The quantitative estimate of drug-likeness (QED) is 0.563. The number of H-pyrrole nitrogens is 1. The van der Waals surface area contributed by atoms with Crippen LogP contribution in [0.5, 0.6) is 0 Å². The molecule has 0 aliphatic rings. The molecule has 0 fully saturated rings. The van der Waals surface area contributed by atoms with Crippen LogP contribution in [0.2, 0.25) is 5.02 Å². The average Bonchev–Trinajstić information content (AvgIpc) is 2.14. The summed E-state index contributed by atoms with van der Waals surface area (Å²) in [5.74, 6) is 0. The molecule has 0 aliphatic carbocycles. The Kier molecular flexibility index (Phi) is 1.23. The zero-order valence-corrected chi connectivity index (χ0v) is 4.74. The highest BCUT2D eigenvalue weighted by atomic mass is 35.5. The van der Waals surface area contributed by atoms with Crippen molar-refractivity contribution in [2.45, 2.75) is 0 Å². The van der Waals surface area contributed by atoms with Gasteiger partial charge in [-0.15, -0.1) is 0 Å². The zero-order chi connectivity index (χ0) is 5.98. The van der Waals surface area contributed by atoms with E-state index >= 15 is 0 Å². The van der Waals surface area contributed by atoms with Gasteiger partial charge in [0.2, 0.25) is 0 Å². The second kappa shape index (κ2) is 1.89. The highest BCUT2D eigenvalue weighted by Crippen LogP contribution is 2.11. The number of rotatable bonds is 0. The summed E-state index contributed by atoms with van der Waals surface area (Å²) in [6.07, 6.45) is 3.13. The first-order valence-electron chi connectivity index (χ1n) is 2.07. The molecule has 0 unspecified atom stereocenters. The van der Waals surface area contributed by atoms with Gasteiger partial charge in [-0.2, -0.15) is 5.26 Å². The SMILES string of the molecule is N#Cc1c[nH]cc1Cl. The molecular weight excluding hydrogens is 124 g/mol. The fourth-order valence-electron chi connectivity index (χ4n) is 0.431. The first-order valence-corrected chi connectivity index (χ1v) is 2.45. The predicted octanol–water partition coefficient (Wildman–Crippen LogP) is 1.54. The van der Waals surface area contributed by atoms with Gasteiger partial charge in [0.05, 0.1) is 10.6 Å². The summed E-state index contributed by atoms with van der Waals surface area (Å²) in [7, 11) is 0. The van der Waals surface area contributed by atoms with Crippen LogP contribution >= 0.6 is 11.6 Å². The molecule has 0 aliphatic heterocycles. The Morgan fingerprint density at radius 3 is 2.62 bits per heavy atom. The molecule has 40 valence electrons. The van der Waals surface area contributed by atoms with Gasteiger partial charge >= 0.3 is 0 Å². The first-order chi connectivity index (χ1) is 3.84. The van der Waals surface area contributed by atoms with Crippen molar-refractivity contribution in [2.24, 2.45) is 0 Å². The van der Waals surface area contributed by atoms with Crippen molar-refractivity contribution >= 4 is 11.6 Å². The van der Waals surface area contributed by atoms with Crippen LogP contribution in [0.4, 0.5) is 0 Å². The molecule has 1 heterocycles. The van der Waals surface area contributed by atoms with Crippen molar-refractivity contribution in [3.63, 3.8) is 0 Å². The summed E-state index contributed by atoms with van der Waals surface area (Å²) in [6, 6.07) is 1.91. The molecule has 1 aromatic rings. The molecule has 0 radical (unpaired) electrons. The number of nitriles is 1. The third-order valence-corrected chi connectivity index (χ3v) is 1.13. The number of halogens is 1. The second-order valence-corrected chi connectivity index (χ2v) is 1.74. The Hall–Kier alpha value is -0.940. The summed E-state index contributed by atoms with van der Waals surface area (Å²) < 4.78 is 0. The van der Waals surface area contributed by atoms with Gasteiger partial charge in [-0.25, -0.2) is 0 Å². The van der Waals surface area contributed by atoms with Gasteiger partial charge in [-0.3, -0.25) is 0 Å². The molecule has 1 rings (SSSR count). The smallest absolute Gasteiger partial charge is 0.102 e. The number of hydrogen-bond acceptors (Lipinski definition) is 1. The van der Waals surface area contributed by atoms with Gasteiger partial charge in [0, 0.05) is 12.4 Å². The highest BCUT2D eigenvalue weighted by Gasteiger charge is 1.94. The number of nitrogens with zero attached hydrogens (tertiary/aromatic N) is 1. The van der Waals surface area contributed by atoms with Crippen LogP contribution in [-0.4, -0.2) is 4.98 Å². The monoisotopic (exact) mass is 126 g/mol. The van der Waals surface area contributed by atoms with E-state index in [4.69, 9.17) is 16.9 Å². The zero-order valence-electron chi connectivity index (χ0n) is 3.98. The molecule has 0 bridgehead atoms. The van der Waals surface area contributed by atoms with E-state index in [0.29, 0.717) is 10.6 Å². The van der Waals surface area contributed by atoms with Crippen LogP contribution in [0, 0.1) is 11.3 Å². The molecule has 0 saturated heterocycles. The fraction of sp³-hybridized carbons (Fsp3) is 0. The van der Waals surface area contributed by atoms with E-state index in [0.717, 1.165) is 0 Å². The summed E-state index contributed by atoms with van der Waals surface area (Å²) >= 11 is 5.49. The maximum absolute atomic E-state index is 8.25. The average molecular weight is 127 g/mol. The maximum Gasteiger partial charge on any atom is 0.102 e. The summed E-state index contributed by atoms with van der Waals surface area (Å²) in [6.45, 7) is 0. The van der Waals surface area contributed by atoms with Crippen molar-refractivity contribution in [3.8, 4) is 6.07 Å². The fourth-order valence-corrected chi connectivity index (χ4v) is 0.590. The lowest BCUT2D eigenvalue weighted by atomic mass is 10.4. The molecule has 8 heavy (non-hydrogen) atoms. The van der Waals surface area contributed by atoms with E-state index in [9.17, 15) is 0 Å². The topological polar surface area (TPSA) is 39.6 Å². The van der Waals surface area contributed by atoms with Gasteiger partial charge in [0.25, 0.3) is 0 Å². The third-order valence-electron chi connectivity index (χ3n) is 0.815. The lowest BCUT2D eigenvalue weighted by Crippen LogP contribution is -1.61. The highest BCUT2D eigenvalue weighted by molar-refractivity contribution is 6.31. The molecule has 2 nitrogen and oxygen atoms in total. The van der Waals surface area contributed by atoms with Crippen molar-refractivity contribution in [1.29, 1.82) is 5.26 Å². The predicted molar refractivity (Wildman–Crippen MR) is 30.5 cm³/mol. The molecule has 0 atom stereocenters. The first kappa shape index (κ1) is 5.20. The van der Waals surface area contributed by atoms with Crippen LogP contribution in [0.1, 0.15) is 5.56 Å². The van der Waals surface area contributed by atoms with Crippen LogP contribution in [0.25, 0.3) is 0 Å². The van der Waals surface area contributed by atoms with Gasteiger partial charge in [0.1, 0.15) is 6.07 Å². The van der Waals surface area contributed by atoms with Crippen molar-refractivity contribution in [3.05, 3.63) is 23.0 Å². The summed E-state index contributed by atoms with van der Waals surface area (Å²) in [5.41, 5.74) is 0.492. The van der Waals surface area contributed by atoms with Crippen LogP contribution < -0.4 is 0 Å². The van der Waals surface area contributed by atoms with Crippen molar-refractivity contribution < 1.29 is 0 Å². The van der Waals surface area contributed by atoms with Gasteiger partial charge in [0.15, 0.2) is 0 Å². The lowest BCUT2D eigenvalue weighted by molar-refractivity contribution is 1.40. The standard InChI is InChI=1S/C5H3ClN2/c6-5-3-8-2-4(5)1-7/h2-3,8H. The largest absolute Gasteiger partial charge is 0.365 e. The Balaban J connectivity index is 3.15. The normalized spacial score (nSPS) is 8.50. The van der Waals surface area contributed by atoms with Crippen LogP contribution in [0.15, 0.2) is 12.4 Å². The van der Waals surface area contributed by atoms with E-state index in [1.807, 2.05) is 6.07 Å². The molecule has 1 N–H and O–H groups in total. The molecule has 1 aromatic heterocycles. The van der Waals surface area contributed by atoms with Gasteiger partial charge in [-0.05, 0) is 0 Å². The maximum atomic E-state index is 8.25. The number of aromatic amines is 1. The minimum absolute atomic E-state index is 0.479. The lowest BCUT2D eigenvalue weighted by Gasteiger charge is -1.73.